The number of aliphatic imine (C=N–C) groups is 1. The quantitative estimate of drug-likeness (QED) is 0.193. The van der Waals surface area contributed by atoms with E-state index in [9.17, 15) is 4.39 Å². The number of halogens is 2. The summed E-state index contributed by atoms with van der Waals surface area (Å²) in [4.78, 5) is 4.33. The molecule has 8 heteroatoms. The molecule has 0 aliphatic rings. The number of benzene rings is 2. The van der Waals surface area contributed by atoms with Crippen LogP contribution in [0.25, 0.3) is 0 Å². The summed E-state index contributed by atoms with van der Waals surface area (Å²) in [6.45, 7) is 6.09. The van der Waals surface area contributed by atoms with Crippen molar-refractivity contribution in [2.24, 2.45) is 10.7 Å². The number of anilines is 1. The minimum Gasteiger partial charge on any atom is -0.494 e. The normalized spacial score (nSPS) is 10.8. The molecule has 6 nitrogen and oxygen atoms in total. The molecule has 0 aliphatic carbocycles. The highest BCUT2D eigenvalue weighted by atomic mass is 127. The molecular formula is C21H29FIN3O3. The smallest absolute Gasteiger partial charge is 0.193 e. The molecule has 0 saturated heterocycles. The van der Waals surface area contributed by atoms with E-state index in [0.717, 1.165) is 18.6 Å². The summed E-state index contributed by atoms with van der Waals surface area (Å²) >= 11 is 0. The number of hydrogen-bond acceptors (Lipinski definition) is 4. The molecule has 160 valence electrons. The standard InChI is InChI=1S/C21H28FN3O3.HI/c1-3-26-18-11-12-20(27-4-2)19(15-18)25-21(23)24-13-5-6-14-28-17-9-7-16(22)8-10-17;/h7-12,15H,3-6,13-14H2,1-2H3,(H3,23,24,25);1H. The van der Waals surface area contributed by atoms with Gasteiger partial charge in [0.15, 0.2) is 5.96 Å². The van der Waals surface area contributed by atoms with Gasteiger partial charge in [0.25, 0.3) is 0 Å². The van der Waals surface area contributed by atoms with Crippen molar-refractivity contribution in [3.8, 4) is 17.2 Å². The number of unbranched alkanes of at least 4 members (excludes halogenated alkanes) is 1. The number of nitrogens with two attached hydrogens (primary N) is 1. The molecule has 0 aliphatic heterocycles. The first-order valence-corrected chi connectivity index (χ1v) is 9.47. The molecule has 0 amide bonds. The number of guanidine groups is 1. The van der Waals surface area contributed by atoms with Gasteiger partial charge in [0.1, 0.15) is 23.1 Å². The van der Waals surface area contributed by atoms with Crippen LogP contribution in [0.3, 0.4) is 0 Å². The van der Waals surface area contributed by atoms with E-state index in [-0.39, 0.29) is 29.8 Å². The lowest BCUT2D eigenvalue weighted by atomic mass is 10.2. The Hall–Kier alpha value is -2.23. The van der Waals surface area contributed by atoms with Crippen molar-refractivity contribution in [2.45, 2.75) is 26.7 Å². The first-order chi connectivity index (χ1) is 13.6. The van der Waals surface area contributed by atoms with Crippen LogP contribution in [0, 0.1) is 5.82 Å². The monoisotopic (exact) mass is 517 g/mol. The Morgan fingerprint density at radius 2 is 1.66 bits per heavy atom. The lowest BCUT2D eigenvalue weighted by Crippen LogP contribution is -2.23. The molecule has 0 aromatic heterocycles. The summed E-state index contributed by atoms with van der Waals surface area (Å²) in [6, 6.07) is 11.5. The minimum absolute atomic E-state index is 0. The van der Waals surface area contributed by atoms with Crippen molar-refractivity contribution in [3.05, 3.63) is 48.3 Å². The Balaban J connectivity index is 0.00000420. The predicted molar refractivity (Wildman–Crippen MR) is 125 cm³/mol. The molecule has 0 heterocycles. The molecule has 2 aromatic rings. The minimum atomic E-state index is -0.274. The van der Waals surface area contributed by atoms with Crippen molar-refractivity contribution in [3.63, 3.8) is 0 Å². The maximum Gasteiger partial charge on any atom is 0.193 e. The van der Waals surface area contributed by atoms with Gasteiger partial charge in [-0.2, -0.15) is 0 Å². The van der Waals surface area contributed by atoms with Crippen molar-refractivity contribution in [1.29, 1.82) is 0 Å². The predicted octanol–water partition coefficient (Wildman–Crippen LogP) is 4.83. The molecule has 0 bridgehead atoms. The molecule has 2 aromatic carbocycles. The maximum atomic E-state index is 12.8. The van der Waals surface area contributed by atoms with Crippen molar-refractivity contribution < 1.29 is 18.6 Å². The summed E-state index contributed by atoms with van der Waals surface area (Å²) in [5, 5.41) is 3.07. The summed E-state index contributed by atoms with van der Waals surface area (Å²) in [6.07, 6.45) is 1.64. The van der Waals surface area contributed by atoms with Crippen LogP contribution in [-0.2, 0) is 0 Å². The summed E-state index contributed by atoms with van der Waals surface area (Å²) in [5.41, 5.74) is 6.71. The lowest BCUT2D eigenvalue weighted by Gasteiger charge is -2.14. The van der Waals surface area contributed by atoms with Crippen LogP contribution in [0.4, 0.5) is 10.1 Å². The highest BCUT2D eigenvalue weighted by Gasteiger charge is 2.07. The Morgan fingerprint density at radius 3 is 2.34 bits per heavy atom. The largest absolute Gasteiger partial charge is 0.494 e. The highest BCUT2D eigenvalue weighted by Crippen LogP contribution is 2.29. The Labute approximate surface area is 188 Å². The van der Waals surface area contributed by atoms with Gasteiger partial charge in [0, 0.05) is 12.6 Å². The second-order valence-corrected chi connectivity index (χ2v) is 5.93. The van der Waals surface area contributed by atoms with E-state index in [4.69, 9.17) is 19.9 Å². The molecule has 0 fully saturated rings. The van der Waals surface area contributed by atoms with Gasteiger partial charge in [0.05, 0.1) is 25.5 Å². The summed E-state index contributed by atoms with van der Waals surface area (Å²) in [7, 11) is 0. The fraction of sp³-hybridized carbons (Fsp3) is 0.381. The van der Waals surface area contributed by atoms with Crippen LogP contribution < -0.4 is 25.3 Å². The fourth-order valence-corrected chi connectivity index (χ4v) is 2.46. The molecule has 3 N–H and O–H groups in total. The van der Waals surface area contributed by atoms with Crippen LogP contribution in [0.1, 0.15) is 26.7 Å². The van der Waals surface area contributed by atoms with Gasteiger partial charge in [-0.1, -0.05) is 0 Å². The number of rotatable bonds is 11. The van der Waals surface area contributed by atoms with Crippen molar-refractivity contribution >= 4 is 35.6 Å². The Kier molecular flexibility index (Phi) is 11.9. The molecule has 0 spiro atoms. The topological polar surface area (TPSA) is 78.1 Å². The van der Waals surface area contributed by atoms with Crippen LogP contribution in [0.15, 0.2) is 47.5 Å². The molecule has 0 radical (unpaired) electrons. The first-order valence-electron chi connectivity index (χ1n) is 9.47. The van der Waals surface area contributed by atoms with E-state index in [1.54, 1.807) is 12.1 Å². The van der Waals surface area contributed by atoms with Gasteiger partial charge in [-0.3, -0.25) is 4.99 Å². The zero-order valence-electron chi connectivity index (χ0n) is 16.8. The van der Waals surface area contributed by atoms with E-state index >= 15 is 0 Å². The second-order valence-electron chi connectivity index (χ2n) is 5.93. The van der Waals surface area contributed by atoms with Crippen molar-refractivity contribution in [2.75, 3.05) is 31.7 Å². The zero-order chi connectivity index (χ0) is 20.2. The number of nitrogens with one attached hydrogen (secondary N) is 1. The SMILES string of the molecule is CCOc1ccc(OCC)c(NC(N)=NCCCCOc2ccc(F)cc2)c1.I. The fourth-order valence-electron chi connectivity index (χ4n) is 2.46. The number of ether oxygens (including phenoxy) is 3. The van der Waals surface area contributed by atoms with Crippen LogP contribution in [0.2, 0.25) is 0 Å². The average molecular weight is 517 g/mol. The molecular weight excluding hydrogens is 488 g/mol. The van der Waals surface area contributed by atoms with Crippen LogP contribution in [0.5, 0.6) is 17.2 Å². The average Bonchev–Trinajstić information content (AvgIpc) is 2.68. The zero-order valence-corrected chi connectivity index (χ0v) is 19.1. The molecule has 0 saturated carbocycles. The van der Waals surface area contributed by atoms with Gasteiger partial charge < -0.3 is 25.3 Å². The van der Waals surface area contributed by atoms with E-state index in [0.29, 0.717) is 49.5 Å². The van der Waals surface area contributed by atoms with Gasteiger partial charge >= 0.3 is 0 Å². The van der Waals surface area contributed by atoms with Gasteiger partial charge in [-0.15, -0.1) is 24.0 Å². The number of nitrogens with zero attached hydrogens (tertiary/aromatic N) is 1. The van der Waals surface area contributed by atoms with Gasteiger partial charge in [-0.25, -0.2) is 4.39 Å². The van der Waals surface area contributed by atoms with Gasteiger partial charge in [0.2, 0.25) is 0 Å². The molecule has 29 heavy (non-hydrogen) atoms. The van der Waals surface area contributed by atoms with E-state index in [2.05, 4.69) is 10.3 Å². The van der Waals surface area contributed by atoms with E-state index < -0.39 is 0 Å². The molecule has 2 rings (SSSR count). The van der Waals surface area contributed by atoms with E-state index in [1.807, 2.05) is 32.0 Å². The number of hydrogen-bond donors (Lipinski definition) is 2. The Bertz CT molecular complexity index is 757. The van der Waals surface area contributed by atoms with E-state index in [1.165, 1.54) is 12.1 Å². The second kappa shape index (κ2) is 13.9. The lowest BCUT2D eigenvalue weighted by molar-refractivity contribution is 0.307. The maximum absolute atomic E-state index is 12.8. The third kappa shape index (κ3) is 9.21. The van der Waals surface area contributed by atoms with Crippen LogP contribution in [-0.4, -0.2) is 32.3 Å². The summed E-state index contributed by atoms with van der Waals surface area (Å²) < 4.78 is 29.5. The highest BCUT2D eigenvalue weighted by molar-refractivity contribution is 14.0. The third-order valence-corrected chi connectivity index (χ3v) is 3.74. The summed E-state index contributed by atoms with van der Waals surface area (Å²) in [5.74, 6) is 2.12. The van der Waals surface area contributed by atoms with Gasteiger partial charge in [-0.05, 0) is 63.1 Å². The molecule has 0 unspecified atom stereocenters. The Morgan fingerprint density at radius 1 is 0.966 bits per heavy atom. The molecule has 0 atom stereocenters. The first kappa shape index (κ1) is 24.8. The third-order valence-electron chi connectivity index (χ3n) is 3.74. The van der Waals surface area contributed by atoms with Crippen LogP contribution >= 0.6 is 24.0 Å². The van der Waals surface area contributed by atoms with Crippen molar-refractivity contribution in [1.82, 2.24) is 0 Å².